The second-order valence-corrected chi connectivity index (χ2v) is 8.87. The average molecular weight is 428 g/mol. The quantitative estimate of drug-likeness (QED) is 0.660. The number of carbonyl (C=O) groups excluding carboxylic acids is 1. The number of sulfonamides is 1. The van der Waals surface area contributed by atoms with E-state index in [0.29, 0.717) is 17.3 Å². The van der Waals surface area contributed by atoms with Gasteiger partial charge in [0, 0.05) is 5.56 Å². The number of fused-ring (bicyclic) bond motifs is 1. The normalized spacial score (nSPS) is 15.9. The number of hydrogen-bond donors (Lipinski definition) is 1. The summed E-state index contributed by atoms with van der Waals surface area (Å²) < 4.78 is 36.4. The van der Waals surface area contributed by atoms with Crippen molar-refractivity contribution in [3.8, 4) is 17.1 Å². The van der Waals surface area contributed by atoms with Crippen LogP contribution in [0.25, 0.3) is 11.4 Å². The smallest absolute Gasteiger partial charge is 0.263 e. The summed E-state index contributed by atoms with van der Waals surface area (Å²) in [4.78, 5) is 16.9. The average Bonchev–Trinajstić information content (AvgIpc) is 3.19. The van der Waals surface area contributed by atoms with Crippen LogP contribution in [0.1, 0.15) is 11.5 Å². The molecule has 1 atom stereocenters. The topological polar surface area (TPSA) is 115 Å². The summed E-state index contributed by atoms with van der Waals surface area (Å²) in [5, 5.41) is 6.60. The highest BCUT2D eigenvalue weighted by Crippen LogP contribution is 2.34. The number of nitrogens with one attached hydrogen (secondary N) is 1. The zero-order valence-electron chi connectivity index (χ0n) is 16.4. The number of amides is 1. The number of para-hydroxylation sites is 2. The highest BCUT2D eigenvalue weighted by atomic mass is 32.2. The van der Waals surface area contributed by atoms with E-state index in [9.17, 15) is 13.2 Å². The van der Waals surface area contributed by atoms with Crippen LogP contribution in [0, 0.1) is 6.92 Å². The van der Waals surface area contributed by atoms with Crippen molar-refractivity contribution < 1.29 is 22.5 Å². The van der Waals surface area contributed by atoms with E-state index >= 15 is 0 Å². The first-order valence-electron chi connectivity index (χ1n) is 9.22. The molecular formula is C20H20N4O5S. The van der Waals surface area contributed by atoms with Crippen LogP contribution >= 0.6 is 0 Å². The fourth-order valence-electron chi connectivity index (χ4n) is 3.16. The summed E-state index contributed by atoms with van der Waals surface area (Å²) in [5.41, 5.74) is 2.29. The molecule has 2 aromatic carbocycles. The molecular weight excluding hydrogens is 408 g/mol. The predicted molar refractivity (Wildman–Crippen MR) is 109 cm³/mol. The van der Waals surface area contributed by atoms with Crippen LogP contribution in [0.15, 0.2) is 53.1 Å². The van der Waals surface area contributed by atoms with Gasteiger partial charge < -0.3 is 14.6 Å². The zero-order chi connectivity index (χ0) is 21.3. The molecule has 9 nitrogen and oxygen atoms in total. The number of anilines is 1. The molecule has 10 heteroatoms. The maximum absolute atomic E-state index is 12.6. The second-order valence-electron chi connectivity index (χ2n) is 6.97. The largest absolute Gasteiger partial charge is 0.476 e. The van der Waals surface area contributed by atoms with Crippen LogP contribution in [0.2, 0.25) is 0 Å². The Hall–Kier alpha value is -3.40. The van der Waals surface area contributed by atoms with E-state index in [4.69, 9.17) is 9.26 Å². The first-order valence-corrected chi connectivity index (χ1v) is 11.1. The number of benzene rings is 2. The van der Waals surface area contributed by atoms with Crippen LogP contribution in [-0.4, -0.2) is 43.4 Å². The summed E-state index contributed by atoms with van der Waals surface area (Å²) in [6, 6.07) is 14.3. The Kier molecular flexibility index (Phi) is 5.17. The van der Waals surface area contributed by atoms with Gasteiger partial charge in [0.2, 0.25) is 21.7 Å². The standard InChI is InChI=1S/C20H20N4O5S/c1-13-6-5-7-14(10-13)19-22-18(29-23-19)11-21-20(25)17-12-24(30(2,26)27)15-8-3-4-9-16(15)28-17/h3-10,17H,11-12H2,1-2H3,(H,21,25). The molecule has 30 heavy (non-hydrogen) atoms. The molecule has 1 aromatic heterocycles. The van der Waals surface area contributed by atoms with Crippen molar-refractivity contribution in [1.29, 1.82) is 0 Å². The third kappa shape index (κ3) is 4.13. The van der Waals surface area contributed by atoms with Crippen molar-refractivity contribution in [1.82, 2.24) is 15.5 Å². The van der Waals surface area contributed by atoms with Crippen molar-refractivity contribution in [2.45, 2.75) is 19.6 Å². The van der Waals surface area contributed by atoms with E-state index in [-0.39, 0.29) is 19.0 Å². The van der Waals surface area contributed by atoms with Gasteiger partial charge in [-0.15, -0.1) is 0 Å². The molecule has 0 saturated heterocycles. The fraction of sp³-hybridized carbons (Fsp3) is 0.250. The molecule has 2 heterocycles. The molecule has 1 amide bonds. The number of hydrogen-bond acceptors (Lipinski definition) is 7. The Morgan fingerprint density at radius 3 is 2.80 bits per heavy atom. The van der Waals surface area contributed by atoms with Gasteiger partial charge >= 0.3 is 0 Å². The minimum Gasteiger partial charge on any atom is -0.476 e. The molecule has 1 N–H and O–H groups in total. The van der Waals surface area contributed by atoms with Crippen molar-refractivity contribution in [2.24, 2.45) is 0 Å². The minimum atomic E-state index is -3.57. The molecule has 156 valence electrons. The molecule has 3 aromatic rings. The maximum Gasteiger partial charge on any atom is 0.263 e. The number of carbonyl (C=O) groups is 1. The van der Waals surface area contributed by atoms with Crippen LogP contribution in [0.5, 0.6) is 5.75 Å². The van der Waals surface area contributed by atoms with Crippen LogP contribution in [-0.2, 0) is 21.4 Å². The third-order valence-corrected chi connectivity index (χ3v) is 5.73. The summed E-state index contributed by atoms with van der Waals surface area (Å²) >= 11 is 0. The molecule has 0 fully saturated rings. The molecule has 1 aliphatic heterocycles. The molecule has 0 aliphatic carbocycles. The molecule has 1 aliphatic rings. The van der Waals surface area contributed by atoms with E-state index < -0.39 is 22.0 Å². The Bertz CT molecular complexity index is 1190. The van der Waals surface area contributed by atoms with E-state index in [1.807, 2.05) is 31.2 Å². The van der Waals surface area contributed by atoms with Gasteiger partial charge in [-0.2, -0.15) is 4.98 Å². The Labute approximate surface area is 173 Å². The lowest BCUT2D eigenvalue weighted by Gasteiger charge is -2.33. The van der Waals surface area contributed by atoms with Gasteiger partial charge in [0.1, 0.15) is 5.75 Å². The van der Waals surface area contributed by atoms with Crippen molar-refractivity contribution in [3.63, 3.8) is 0 Å². The van der Waals surface area contributed by atoms with Gasteiger partial charge in [-0.1, -0.05) is 41.1 Å². The third-order valence-electron chi connectivity index (χ3n) is 4.59. The summed E-state index contributed by atoms with van der Waals surface area (Å²) in [6.07, 6.45) is 0.0868. The van der Waals surface area contributed by atoms with Gasteiger partial charge in [0.15, 0.2) is 6.10 Å². The first-order chi connectivity index (χ1) is 14.3. The molecule has 4 rings (SSSR count). The van der Waals surface area contributed by atoms with Crippen LogP contribution in [0.4, 0.5) is 5.69 Å². The second kappa shape index (κ2) is 7.79. The van der Waals surface area contributed by atoms with Gasteiger partial charge in [-0.05, 0) is 25.1 Å². The van der Waals surface area contributed by atoms with Gasteiger partial charge in [0.05, 0.1) is 25.0 Å². The van der Waals surface area contributed by atoms with Crippen LogP contribution < -0.4 is 14.4 Å². The summed E-state index contributed by atoms with van der Waals surface area (Å²) in [5.74, 6) is 0.507. The van der Waals surface area contributed by atoms with E-state index in [1.54, 1.807) is 24.3 Å². The van der Waals surface area contributed by atoms with E-state index in [2.05, 4.69) is 15.5 Å². The van der Waals surface area contributed by atoms with Gasteiger partial charge in [-0.25, -0.2) is 8.42 Å². The number of ether oxygens (including phenoxy) is 1. The Morgan fingerprint density at radius 1 is 1.23 bits per heavy atom. The lowest BCUT2D eigenvalue weighted by atomic mass is 10.1. The van der Waals surface area contributed by atoms with E-state index in [1.165, 1.54) is 4.31 Å². The minimum absolute atomic E-state index is 0.00195. The number of rotatable bonds is 5. The summed E-state index contributed by atoms with van der Waals surface area (Å²) in [7, 11) is -3.57. The fourth-order valence-corrected chi connectivity index (χ4v) is 4.07. The lowest BCUT2D eigenvalue weighted by molar-refractivity contribution is -0.128. The Balaban J connectivity index is 1.45. The summed E-state index contributed by atoms with van der Waals surface area (Å²) in [6.45, 7) is 1.84. The SMILES string of the molecule is Cc1cccc(-c2noc(CNC(=O)C3CN(S(C)(=O)=O)c4ccccc4O3)n2)c1. The molecule has 0 radical (unpaired) electrons. The highest BCUT2D eigenvalue weighted by Gasteiger charge is 2.34. The zero-order valence-corrected chi connectivity index (χ0v) is 17.2. The molecule has 0 saturated carbocycles. The van der Waals surface area contributed by atoms with Gasteiger partial charge in [0.25, 0.3) is 5.91 Å². The van der Waals surface area contributed by atoms with E-state index in [0.717, 1.165) is 17.4 Å². The maximum atomic E-state index is 12.6. The van der Waals surface area contributed by atoms with Crippen LogP contribution in [0.3, 0.4) is 0 Å². The van der Waals surface area contributed by atoms with Gasteiger partial charge in [-0.3, -0.25) is 9.10 Å². The first kappa shape index (κ1) is 19.9. The lowest BCUT2D eigenvalue weighted by Crippen LogP contribution is -2.50. The monoisotopic (exact) mass is 428 g/mol. The van der Waals surface area contributed by atoms with Crippen molar-refractivity contribution in [3.05, 3.63) is 60.0 Å². The molecule has 1 unspecified atom stereocenters. The predicted octanol–water partition coefficient (Wildman–Crippen LogP) is 1.89. The van der Waals surface area contributed by atoms with Crippen molar-refractivity contribution in [2.75, 3.05) is 17.1 Å². The Morgan fingerprint density at radius 2 is 2.03 bits per heavy atom. The number of aromatic nitrogens is 2. The number of nitrogens with zero attached hydrogens (tertiary/aromatic N) is 3. The number of aryl methyl sites for hydroxylation is 1. The molecule has 0 bridgehead atoms. The highest BCUT2D eigenvalue weighted by molar-refractivity contribution is 7.92. The van der Waals surface area contributed by atoms with Crippen molar-refractivity contribution >= 4 is 21.6 Å². The molecule has 0 spiro atoms.